The molecule has 1 N–H and O–H groups in total. The molecule has 1 aliphatic rings. The second-order valence-electron chi connectivity index (χ2n) is 7.50. The van der Waals surface area contributed by atoms with Crippen LogP contribution in [-0.4, -0.2) is 16.6 Å². The minimum absolute atomic E-state index is 0. The Kier molecular flexibility index (Phi) is 9.19. The number of hydrogen-bond acceptors (Lipinski definition) is 3. The third-order valence-corrected chi connectivity index (χ3v) is 5.67. The number of unbranched alkanes of at least 4 members (excludes halogenated alkanes) is 7. The summed E-state index contributed by atoms with van der Waals surface area (Å²) in [6.45, 7) is 3.53. The van der Waals surface area contributed by atoms with E-state index in [2.05, 4.69) is 11.9 Å². The zero-order chi connectivity index (χ0) is 19.1. The molecule has 1 atom stereocenters. The molecule has 0 saturated heterocycles. The molecular formula is C22H31BrClN3O. The molecule has 28 heavy (non-hydrogen) atoms. The van der Waals surface area contributed by atoms with Gasteiger partial charge in [-0.25, -0.2) is 9.47 Å². The SMILES string of the molecule is CCCCCCCCCCN1c2nccc[n+]2CC1(O)c1ccc(Cl)cc1.[Br-]. The van der Waals surface area contributed by atoms with Crippen LogP contribution >= 0.6 is 11.6 Å². The van der Waals surface area contributed by atoms with Crippen LogP contribution in [0.2, 0.25) is 5.02 Å². The second kappa shape index (κ2) is 11.1. The largest absolute Gasteiger partial charge is 1.00 e. The van der Waals surface area contributed by atoms with Gasteiger partial charge in [-0.3, -0.25) is 0 Å². The average molecular weight is 469 g/mol. The first kappa shape index (κ1) is 23.1. The first-order chi connectivity index (χ1) is 13.1. The first-order valence-electron chi connectivity index (χ1n) is 10.3. The molecule has 0 radical (unpaired) electrons. The van der Waals surface area contributed by atoms with Crippen molar-refractivity contribution in [1.82, 2.24) is 4.98 Å². The number of nitrogens with zero attached hydrogens (tertiary/aromatic N) is 3. The van der Waals surface area contributed by atoms with Gasteiger partial charge in [-0.2, -0.15) is 0 Å². The van der Waals surface area contributed by atoms with Gasteiger partial charge in [-0.1, -0.05) is 80.6 Å². The second-order valence-corrected chi connectivity index (χ2v) is 7.93. The van der Waals surface area contributed by atoms with Crippen molar-refractivity contribution >= 4 is 17.5 Å². The molecule has 2 aromatic rings. The Balaban J connectivity index is 0.00000280. The summed E-state index contributed by atoms with van der Waals surface area (Å²) >= 11 is 6.04. The Morgan fingerprint density at radius 2 is 1.71 bits per heavy atom. The van der Waals surface area contributed by atoms with E-state index >= 15 is 0 Å². The number of aliphatic hydroxyl groups is 1. The van der Waals surface area contributed by atoms with Gasteiger partial charge in [0.1, 0.15) is 12.7 Å². The molecule has 0 saturated carbocycles. The lowest BCUT2D eigenvalue weighted by Gasteiger charge is -2.28. The topological polar surface area (TPSA) is 40.2 Å². The highest BCUT2D eigenvalue weighted by Gasteiger charge is 2.51. The van der Waals surface area contributed by atoms with Gasteiger partial charge in [-0.05, 0) is 18.6 Å². The summed E-state index contributed by atoms with van der Waals surface area (Å²) in [5, 5.41) is 12.2. The molecule has 0 spiro atoms. The number of rotatable bonds is 10. The molecule has 4 nitrogen and oxygen atoms in total. The van der Waals surface area contributed by atoms with Crippen molar-refractivity contribution in [1.29, 1.82) is 0 Å². The highest BCUT2D eigenvalue weighted by Crippen LogP contribution is 2.34. The summed E-state index contributed by atoms with van der Waals surface area (Å²) < 4.78 is 2.03. The maximum absolute atomic E-state index is 11.6. The number of fused-ring (bicyclic) bond motifs is 1. The molecule has 154 valence electrons. The maximum atomic E-state index is 11.6. The summed E-state index contributed by atoms with van der Waals surface area (Å²) in [6, 6.07) is 9.41. The van der Waals surface area contributed by atoms with Crippen LogP contribution in [0.15, 0.2) is 42.7 Å². The molecule has 0 bridgehead atoms. The minimum atomic E-state index is -1.08. The van der Waals surface area contributed by atoms with Crippen LogP contribution in [0, 0.1) is 0 Å². The van der Waals surface area contributed by atoms with Crippen molar-refractivity contribution < 1.29 is 26.7 Å². The summed E-state index contributed by atoms with van der Waals surface area (Å²) in [7, 11) is 0. The van der Waals surface area contributed by atoms with E-state index in [0.717, 1.165) is 24.5 Å². The van der Waals surface area contributed by atoms with Crippen LogP contribution in [0.1, 0.15) is 63.9 Å². The van der Waals surface area contributed by atoms with E-state index in [0.29, 0.717) is 11.6 Å². The summed E-state index contributed by atoms with van der Waals surface area (Å²) in [5.74, 6) is 0.831. The van der Waals surface area contributed by atoms with Crippen molar-refractivity contribution in [2.45, 2.75) is 70.6 Å². The fourth-order valence-corrected chi connectivity index (χ4v) is 4.01. The zero-order valence-electron chi connectivity index (χ0n) is 16.7. The molecule has 0 aliphatic carbocycles. The molecule has 0 fully saturated rings. The number of hydrogen-bond donors (Lipinski definition) is 1. The molecule has 1 aliphatic heterocycles. The molecule has 3 rings (SSSR count). The Morgan fingerprint density at radius 3 is 2.39 bits per heavy atom. The Morgan fingerprint density at radius 1 is 1.07 bits per heavy atom. The van der Waals surface area contributed by atoms with Gasteiger partial charge in [0.25, 0.3) is 0 Å². The zero-order valence-corrected chi connectivity index (χ0v) is 19.0. The third-order valence-electron chi connectivity index (χ3n) is 5.42. The number of benzene rings is 1. The lowest BCUT2D eigenvalue weighted by atomic mass is 10.0. The number of anilines is 1. The van der Waals surface area contributed by atoms with Gasteiger partial charge in [0.15, 0.2) is 0 Å². The molecule has 6 heteroatoms. The summed E-state index contributed by atoms with van der Waals surface area (Å²) in [4.78, 5) is 6.58. The van der Waals surface area contributed by atoms with Crippen molar-refractivity contribution in [2.24, 2.45) is 0 Å². The van der Waals surface area contributed by atoms with E-state index in [4.69, 9.17) is 11.6 Å². The molecular weight excluding hydrogens is 438 g/mol. The quantitative estimate of drug-likeness (QED) is 0.427. The standard InChI is InChI=1S/C22H31ClN3O.BrH/c1-2-3-4-5-6-7-8-9-17-26-21-24-15-10-16-25(21)18-22(26,27)19-11-13-20(23)14-12-19;/h10-16,27H,2-9,17-18H2,1H3;1H/q+1;/p-1. The lowest BCUT2D eigenvalue weighted by Crippen LogP contribution is -3.00. The van der Waals surface area contributed by atoms with Crippen LogP contribution in [0.25, 0.3) is 0 Å². The molecule has 2 heterocycles. The Bertz CT molecular complexity index is 728. The van der Waals surface area contributed by atoms with Gasteiger partial charge in [0, 0.05) is 16.7 Å². The number of aromatic nitrogens is 2. The Labute approximate surface area is 184 Å². The van der Waals surface area contributed by atoms with E-state index in [1.807, 2.05) is 46.0 Å². The minimum Gasteiger partial charge on any atom is -1.00 e. The van der Waals surface area contributed by atoms with E-state index in [9.17, 15) is 5.11 Å². The predicted octanol–water partition coefficient (Wildman–Crippen LogP) is 1.83. The highest BCUT2D eigenvalue weighted by molar-refractivity contribution is 6.30. The molecule has 1 aromatic carbocycles. The van der Waals surface area contributed by atoms with Gasteiger partial charge in [-0.15, -0.1) is 0 Å². The van der Waals surface area contributed by atoms with Crippen LogP contribution in [-0.2, 0) is 12.3 Å². The average Bonchev–Trinajstić information content (AvgIpc) is 2.97. The van der Waals surface area contributed by atoms with Crippen molar-refractivity contribution in [3.63, 3.8) is 0 Å². The van der Waals surface area contributed by atoms with Gasteiger partial charge >= 0.3 is 5.95 Å². The van der Waals surface area contributed by atoms with Gasteiger partial charge in [0.05, 0.1) is 12.7 Å². The van der Waals surface area contributed by atoms with E-state index < -0.39 is 5.72 Å². The highest BCUT2D eigenvalue weighted by atomic mass is 79.9. The van der Waals surface area contributed by atoms with Crippen LogP contribution in [0.3, 0.4) is 0 Å². The first-order valence-corrected chi connectivity index (χ1v) is 10.6. The van der Waals surface area contributed by atoms with Crippen LogP contribution in [0.5, 0.6) is 0 Å². The van der Waals surface area contributed by atoms with Crippen molar-refractivity contribution in [2.75, 3.05) is 11.4 Å². The van der Waals surface area contributed by atoms with E-state index in [1.54, 1.807) is 6.20 Å². The van der Waals surface area contributed by atoms with Crippen molar-refractivity contribution in [3.05, 3.63) is 53.3 Å². The van der Waals surface area contributed by atoms with Crippen molar-refractivity contribution in [3.8, 4) is 0 Å². The van der Waals surface area contributed by atoms with Gasteiger partial charge in [0.2, 0.25) is 5.72 Å². The monoisotopic (exact) mass is 467 g/mol. The lowest BCUT2D eigenvalue weighted by molar-refractivity contribution is -0.685. The molecule has 0 amide bonds. The Hall–Kier alpha value is -1.17. The van der Waals surface area contributed by atoms with E-state index in [1.165, 1.54) is 44.9 Å². The summed E-state index contributed by atoms with van der Waals surface area (Å²) in [5.41, 5.74) is -0.218. The summed E-state index contributed by atoms with van der Waals surface area (Å²) in [6.07, 6.45) is 13.9. The smallest absolute Gasteiger partial charge is 0.396 e. The third kappa shape index (κ3) is 5.46. The molecule has 1 aromatic heterocycles. The van der Waals surface area contributed by atoms with Crippen LogP contribution < -0.4 is 26.4 Å². The molecule has 1 unspecified atom stereocenters. The fourth-order valence-electron chi connectivity index (χ4n) is 3.88. The maximum Gasteiger partial charge on any atom is 0.396 e. The van der Waals surface area contributed by atoms with Crippen LogP contribution in [0.4, 0.5) is 5.95 Å². The van der Waals surface area contributed by atoms with E-state index in [-0.39, 0.29) is 17.0 Å². The fraction of sp³-hybridized carbons (Fsp3) is 0.545. The predicted molar refractivity (Wildman–Crippen MR) is 110 cm³/mol. The number of halogens is 2. The normalized spacial score (nSPS) is 18.0. The van der Waals surface area contributed by atoms with Gasteiger partial charge < -0.3 is 22.1 Å².